The zero-order valence-electron chi connectivity index (χ0n) is 8.29. The van der Waals surface area contributed by atoms with Gasteiger partial charge in [0.1, 0.15) is 5.76 Å². The fraction of sp³-hybridized carbons (Fsp3) is 0.636. The van der Waals surface area contributed by atoms with Crippen LogP contribution >= 0.6 is 0 Å². The zero-order chi connectivity index (χ0) is 9.26. The normalized spacial score (nSPS) is 28.8. The SMILES string of the molecule is CNC(Cc1ccco1)C1CC1C. The summed E-state index contributed by atoms with van der Waals surface area (Å²) in [4.78, 5) is 0. The summed E-state index contributed by atoms with van der Waals surface area (Å²) in [5, 5.41) is 3.37. The van der Waals surface area contributed by atoms with Gasteiger partial charge in [-0.15, -0.1) is 0 Å². The van der Waals surface area contributed by atoms with Crippen LogP contribution in [0.2, 0.25) is 0 Å². The molecular weight excluding hydrogens is 162 g/mol. The lowest BCUT2D eigenvalue weighted by atomic mass is 10.1. The summed E-state index contributed by atoms with van der Waals surface area (Å²) >= 11 is 0. The van der Waals surface area contributed by atoms with Crippen molar-refractivity contribution in [3.05, 3.63) is 24.2 Å². The van der Waals surface area contributed by atoms with E-state index in [9.17, 15) is 0 Å². The Morgan fingerprint density at radius 3 is 2.92 bits per heavy atom. The molecule has 13 heavy (non-hydrogen) atoms. The summed E-state index contributed by atoms with van der Waals surface area (Å²) in [6.07, 6.45) is 4.14. The van der Waals surface area contributed by atoms with Crippen LogP contribution in [0.3, 0.4) is 0 Å². The molecular formula is C11H17NO. The van der Waals surface area contributed by atoms with E-state index in [2.05, 4.69) is 18.3 Å². The number of nitrogens with one attached hydrogen (secondary N) is 1. The molecule has 0 amide bonds. The molecule has 1 fully saturated rings. The molecule has 1 saturated carbocycles. The number of hydrogen-bond acceptors (Lipinski definition) is 2. The summed E-state index contributed by atoms with van der Waals surface area (Å²) in [6, 6.07) is 4.61. The standard InChI is InChI=1S/C11H17NO/c1-8-6-10(8)11(12-2)7-9-4-3-5-13-9/h3-5,8,10-12H,6-7H2,1-2H3. The molecule has 0 bridgehead atoms. The Balaban J connectivity index is 1.91. The fourth-order valence-corrected chi connectivity index (χ4v) is 2.02. The predicted molar refractivity (Wildman–Crippen MR) is 52.5 cm³/mol. The summed E-state index contributed by atoms with van der Waals surface area (Å²) in [5.41, 5.74) is 0. The van der Waals surface area contributed by atoms with Crippen LogP contribution in [-0.2, 0) is 6.42 Å². The molecule has 2 nitrogen and oxygen atoms in total. The lowest BCUT2D eigenvalue weighted by Crippen LogP contribution is -2.30. The maximum atomic E-state index is 5.34. The van der Waals surface area contributed by atoms with Crippen LogP contribution in [0.25, 0.3) is 0 Å². The first-order valence-electron chi connectivity index (χ1n) is 5.01. The molecule has 0 saturated heterocycles. The van der Waals surface area contributed by atoms with Crippen LogP contribution in [0.5, 0.6) is 0 Å². The maximum absolute atomic E-state index is 5.34. The Morgan fingerprint density at radius 1 is 1.69 bits per heavy atom. The van der Waals surface area contributed by atoms with E-state index >= 15 is 0 Å². The van der Waals surface area contributed by atoms with Gasteiger partial charge in [0.05, 0.1) is 6.26 Å². The second-order valence-electron chi connectivity index (χ2n) is 4.06. The fourth-order valence-electron chi connectivity index (χ4n) is 2.02. The van der Waals surface area contributed by atoms with Crippen molar-refractivity contribution < 1.29 is 4.42 Å². The van der Waals surface area contributed by atoms with Gasteiger partial charge in [0.25, 0.3) is 0 Å². The van der Waals surface area contributed by atoms with Crippen LogP contribution in [-0.4, -0.2) is 13.1 Å². The molecule has 2 rings (SSSR count). The van der Waals surface area contributed by atoms with Gasteiger partial charge in [-0.2, -0.15) is 0 Å². The maximum Gasteiger partial charge on any atom is 0.105 e. The molecule has 1 aromatic rings. The number of hydrogen-bond donors (Lipinski definition) is 1. The molecule has 0 spiro atoms. The molecule has 0 aliphatic heterocycles. The van der Waals surface area contributed by atoms with Crippen LogP contribution in [0.15, 0.2) is 22.8 Å². The van der Waals surface area contributed by atoms with Crippen molar-refractivity contribution in [1.29, 1.82) is 0 Å². The van der Waals surface area contributed by atoms with Gasteiger partial charge in [0, 0.05) is 12.5 Å². The van der Waals surface area contributed by atoms with Gasteiger partial charge < -0.3 is 9.73 Å². The van der Waals surface area contributed by atoms with E-state index < -0.39 is 0 Å². The van der Waals surface area contributed by atoms with Crippen molar-refractivity contribution in [2.75, 3.05) is 7.05 Å². The van der Waals surface area contributed by atoms with Crippen molar-refractivity contribution in [3.63, 3.8) is 0 Å². The molecule has 1 aliphatic rings. The lowest BCUT2D eigenvalue weighted by Gasteiger charge is -2.13. The van der Waals surface area contributed by atoms with Gasteiger partial charge in [-0.1, -0.05) is 6.92 Å². The highest BCUT2D eigenvalue weighted by atomic mass is 16.3. The first-order chi connectivity index (χ1) is 6.31. The summed E-state index contributed by atoms with van der Waals surface area (Å²) in [7, 11) is 2.04. The highest BCUT2D eigenvalue weighted by molar-refractivity contribution is 5.04. The molecule has 0 radical (unpaired) electrons. The Kier molecular flexibility index (Phi) is 2.40. The van der Waals surface area contributed by atoms with E-state index in [1.165, 1.54) is 6.42 Å². The summed E-state index contributed by atoms with van der Waals surface area (Å²) in [6.45, 7) is 2.32. The van der Waals surface area contributed by atoms with Crippen molar-refractivity contribution in [2.45, 2.75) is 25.8 Å². The highest BCUT2D eigenvalue weighted by Crippen LogP contribution is 2.41. The van der Waals surface area contributed by atoms with Gasteiger partial charge >= 0.3 is 0 Å². The third kappa shape index (κ3) is 1.94. The van der Waals surface area contributed by atoms with Crippen LogP contribution in [0.1, 0.15) is 19.1 Å². The molecule has 1 N–H and O–H groups in total. The second-order valence-corrected chi connectivity index (χ2v) is 4.06. The van der Waals surface area contributed by atoms with Crippen molar-refractivity contribution in [2.24, 2.45) is 11.8 Å². The minimum absolute atomic E-state index is 0.598. The molecule has 1 heterocycles. The highest BCUT2D eigenvalue weighted by Gasteiger charge is 2.38. The van der Waals surface area contributed by atoms with Crippen LogP contribution in [0.4, 0.5) is 0 Å². The first-order valence-corrected chi connectivity index (χ1v) is 5.01. The number of rotatable bonds is 4. The molecule has 72 valence electrons. The minimum atomic E-state index is 0.598. The lowest BCUT2D eigenvalue weighted by molar-refractivity contribution is 0.422. The number of likely N-dealkylation sites (N-methyl/N-ethyl adjacent to an activating group) is 1. The number of furan rings is 1. The monoisotopic (exact) mass is 179 g/mol. The van der Waals surface area contributed by atoms with Gasteiger partial charge in [-0.05, 0) is 37.4 Å². The minimum Gasteiger partial charge on any atom is -0.469 e. The van der Waals surface area contributed by atoms with Gasteiger partial charge in [0.2, 0.25) is 0 Å². The third-order valence-corrected chi connectivity index (χ3v) is 3.06. The predicted octanol–water partition coefficient (Wildman–Crippen LogP) is 2.07. The first kappa shape index (κ1) is 8.82. The Labute approximate surface area is 79.3 Å². The van der Waals surface area contributed by atoms with Gasteiger partial charge in [0.15, 0.2) is 0 Å². The molecule has 3 atom stereocenters. The third-order valence-electron chi connectivity index (χ3n) is 3.06. The Bertz CT molecular complexity index is 255. The molecule has 2 heteroatoms. The van der Waals surface area contributed by atoms with Crippen LogP contribution < -0.4 is 5.32 Å². The molecule has 1 aliphatic carbocycles. The summed E-state index contributed by atoms with van der Waals surface area (Å²) in [5.74, 6) is 2.85. The summed E-state index contributed by atoms with van der Waals surface area (Å²) < 4.78 is 5.34. The van der Waals surface area contributed by atoms with E-state index in [-0.39, 0.29) is 0 Å². The quantitative estimate of drug-likeness (QED) is 0.765. The topological polar surface area (TPSA) is 25.2 Å². The van der Waals surface area contributed by atoms with Gasteiger partial charge in [-0.3, -0.25) is 0 Å². The Hall–Kier alpha value is -0.760. The average molecular weight is 179 g/mol. The van der Waals surface area contributed by atoms with Gasteiger partial charge in [-0.25, -0.2) is 0 Å². The molecule has 0 aromatic carbocycles. The zero-order valence-corrected chi connectivity index (χ0v) is 8.29. The van der Waals surface area contributed by atoms with Crippen molar-refractivity contribution in [3.8, 4) is 0 Å². The smallest absolute Gasteiger partial charge is 0.105 e. The van der Waals surface area contributed by atoms with E-state index in [1.807, 2.05) is 13.1 Å². The van der Waals surface area contributed by atoms with E-state index in [4.69, 9.17) is 4.42 Å². The second kappa shape index (κ2) is 3.54. The molecule has 1 aromatic heterocycles. The van der Waals surface area contributed by atoms with Crippen molar-refractivity contribution in [1.82, 2.24) is 5.32 Å². The average Bonchev–Trinajstić information content (AvgIpc) is 2.68. The van der Waals surface area contributed by atoms with E-state index in [0.717, 1.165) is 24.0 Å². The van der Waals surface area contributed by atoms with Crippen LogP contribution in [0, 0.1) is 11.8 Å². The molecule has 3 unspecified atom stereocenters. The van der Waals surface area contributed by atoms with E-state index in [0.29, 0.717) is 6.04 Å². The largest absolute Gasteiger partial charge is 0.469 e. The van der Waals surface area contributed by atoms with Crippen molar-refractivity contribution >= 4 is 0 Å². The van der Waals surface area contributed by atoms with E-state index in [1.54, 1.807) is 6.26 Å². The Morgan fingerprint density at radius 2 is 2.46 bits per heavy atom.